The van der Waals surface area contributed by atoms with Crippen molar-refractivity contribution in [2.24, 2.45) is 0 Å². The second-order valence-electron chi connectivity index (χ2n) is 2.49. The molecule has 3 heteroatoms. The molecule has 11 heavy (non-hydrogen) atoms. The van der Waals surface area contributed by atoms with Gasteiger partial charge in [0.25, 0.3) is 0 Å². The number of unbranched alkanes of at least 4 members (excludes halogenated alkanes) is 1. The Hall–Kier alpha value is -0.410. The molecule has 0 aromatic heterocycles. The molecule has 0 fully saturated rings. The van der Waals surface area contributed by atoms with Crippen LogP contribution < -0.4 is 0 Å². The molecule has 0 aliphatic rings. The van der Waals surface area contributed by atoms with Gasteiger partial charge in [-0.2, -0.15) is 0 Å². The summed E-state index contributed by atoms with van der Waals surface area (Å²) in [7, 11) is 0. The Morgan fingerprint density at radius 3 is 2.64 bits per heavy atom. The summed E-state index contributed by atoms with van der Waals surface area (Å²) < 4.78 is 0. The summed E-state index contributed by atoms with van der Waals surface area (Å²) in [6, 6.07) is 0. The van der Waals surface area contributed by atoms with Gasteiger partial charge in [-0.15, -0.1) is 0 Å². The Labute approximate surface area is 68.0 Å². The van der Waals surface area contributed by atoms with E-state index in [1.165, 1.54) is 0 Å². The maximum Gasteiger partial charge on any atom is 0.133 e. The first-order chi connectivity index (χ1) is 5.35. The van der Waals surface area contributed by atoms with Gasteiger partial charge in [0.15, 0.2) is 0 Å². The molecular weight excluding hydrogens is 142 g/mol. The van der Waals surface area contributed by atoms with E-state index in [0.717, 1.165) is 32.2 Å². The zero-order valence-corrected chi connectivity index (χ0v) is 7.12. The SMILES string of the molecule is CCN(CC=O)CCCCO. The molecule has 0 unspecified atom stereocenters. The van der Waals surface area contributed by atoms with Gasteiger partial charge < -0.3 is 9.90 Å². The number of carbonyl (C=O) groups excluding carboxylic acids is 1. The van der Waals surface area contributed by atoms with E-state index in [2.05, 4.69) is 4.90 Å². The van der Waals surface area contributed by atoms with Crippen LogP contribution in [0.1, 0.15) is 19.8 Å². The number of aliphatic hydroxyl groups is 1. The summed E-state index contributed by atoms with van der Waals surface area (Å²) in [6.45, 7) is 4.61. The Bertz CT molecular complexity index is 96.1. The van der Waals surface area contributed by atoms with Gasteiger partial charge >= 0.3 is 0 Å². The third kappa shape index (κ3) is 6.01. The van der Waals surface area contributed by atoms with E-state index in [9.17, 15) is 4.79 Å². The number of hydrogen-bond acceptors (Lipinski definition) is 3. The molecule has 0 saturated heterocycles. The average molecular weight is 159 g/mol. The molecule has 0 radical (unpaired) electrons. The number of likely N-dealkylation sites (N-methyl/N-ethyl adjacent to an activating group) is 1. The molecule has 0 aromatic carbocycles. The van der Waals surface area contributed by atoms with Crippen LogP contribution in [0.3, 0.4) is 0 Å². The number of rotatable bonds is 7. The fraction of sp³-hybridized carbons (Fsp3) is 0.875. The van der Waals surface area contributed by atoms with E-state index in [-0.39, 0.29) is 6.61 Å². The maximum absolute atomic E-state index is 10.1. The molecule has 0 bridgehead atoms. The number of hydrogen-bond donors (Lipinski definition) is 1. The van der Waals surface area contributed by atoms with Gasteiger partial charge in [0, 0.05) is 6.61 Å². The van der Waals surface area contributed by atoms with Gasteiger partial charge in [0.05, 0.1) is 6.54 Å². The monoisotopic (exact) mass is 159 g/mol. The van der Waals surface area contributed by atoms with Crippen LogP contribution in [-0.2, 0) is 4.79 Å². The van der Waals surface area contributed by atoms with E-state index in [4.69, 9.17) is 5.11 Å². The van der Waals surface area contributed by atoms with E-state index in [1.807, 2.05) is 6.92 Å². The second kappa shape index (κ2) is 7.69. The summed E-state index contributed by atoms with van der Waals surface area (Å²) in [4.78, 5) is 12.2. The fourth-order valence-electron chi connectivity index (χ4n) is 0.931. The summed E-state index contributed by atoms with van der Waals surface area (Å²) >= 11 is 0. The van der Waals surface area contributed by atoms with Gasteiger partial charge in [0.2, 0.25) is 0 Å². The van der Waals surface area contributed by atoms with E-state index >= 15 is 0 Å². The minimum absolute atomic E-state index is 0.249. The van der Waals surface area contributed by atoms with Crippen LogP contribution in [0.2, 0.25) is 0 Å². The van der Waals surface area contributed by atoms with Crippen LogP contribution in [0.15, 0.2) is 0 Å². The van der Waals surface area contributed by atoms with E-state index in [0.29, 0.717) is 6.54 Å². The van der Waals surface area contributed by atoms with Crippen molar-refractivity contribution in [2.75, 3.05) is 26.2 Å². The van der Waals surface area contributed by atoms with Crippen molar-refractivity contribution in [2.45, 2.75) is 19.8 Å². The number of aliphatic hydroxyl groups excluding tert-OH is 1. The lowest BCUT2D eigenvalue weighted by Crippen LogP contribution is -2.26. The van der Waals surface area contributed by atoms with Crippen molar-refractivity contribution >= 4 is 6.29 Å². The normalized spacial score (nSPS) is 10.5. The third-order valence-corrected chi connectivity index (χ3v) is 1.66. The van der Waals surface area contributed by atoms with Crippen LogP contribution in [-0.4, -0.2) is 42.5 Å². The lowest BCUT2D eigenvalue weighted by molar-refractivity contribution is -0.108. The summed E-state index contributed by atoms with van der Waals surface area (Å²) in [5.74, 6) is 0. The van der Waals surface area contributed by atoms with Crippen molar-refractivity contribution in [1.29, 1.82) is 0 Å². The number of nitrogens with zero attached hydrogens (tertiary/aromatic N) is 1. The standard InChI is InChI=1S/C8H17NO2/c1-2-9(6-8-11)5-3-4-7-10/h8,10H,2-7H2,1H3. The first-order valence-electron chi connectivity index (χ1n) is 4.12. The summed E-state index contributed by atoms with van der Waals surface area (Å²) in [6.07, 6.45) is 2.72. The Morgan fingerprint density at radius 1 is 1.45 bits per heavy atom. The third-order valence-electron chi connectivity index (χ3n) is 1.66. The van der Waals surface area contributed by atoms with Crippen molar-refractivity contribution < 1.29 is 9.90 Å². The second-order valence-corrected chi connectivity index (χ2v) is 2.49. The Balaban J connectivity index is 3.27. The van der Waals surface area contributed by atoms with Gasteiger partial charge in [-0.3, -0.25) is 4.90 Å². The molecular formula is C8H17NO2. The van der Waals surface area contributed by atoms with Crippen LogP contribution in [0.25, 0.3) is 0 Å². The lowest BCUT2D eigenvalue weighted by atomic mass is 10.3. The zero-order chi connectivity index (χ0) is 8.53. The first-order valence-corrected chi connectivity index (χ1v) is 4.12. The van der Waals surface area contributed by atoms with Crippen molar-refractivity contribution in [3.63, 3.8) is 0 Å². The lowest BCUT2D eigenvalue weighted by Gasteiger charge is -2.16. The highest BCUT2D eigenvalue weighted by Gasteiger charge is 1.98. The summed E-state index contributed by atoms with van der Waals surface area (Å²) in [5.41, 5.74) is 0. The first kappa shape index (κ1) is 10.6. The highest BCUT2D eigenvalue weighted by molar-refractivity contribution is 5.51. The molecule has 0 saturated carbocycles. The molecule has 0 aliphatic heterocycles. The largest absolute Gasteiger partial charge is 0.396 e. The Kier molecular flexibility index (Phi) is 7.41. The summed E-state index contributed by atoms with van der Waals surface area (Å²) in [5, 5.41) is 8.49. The molecule has 0 aliphatic carbocycles. The van der Waals surface area contributed by atoms with Crippen molar-refractivity contribution in [3.05, 3.63) is 0 Å². The molecule has 3 nitrogen and oxygen atoms in total. The molecule has 0 aromatic rings. The topological polar surface area (TPSA) is 40.5 Å². The minimum atomic E-state index is 0.249. The minimum Gasteiger partial charge on any atom is -0.396 e. The number of carbonyl (C=O) groups is 1. The quantitative estimate of drug-likeness (QED) is 0.428. The van der Waals surface area contributed by atoms with Gasteiger partial charge in [-0.1, -0.05) is 6.92 Å². The fourth-order valence-corrected chi connectivity index (χ4v) is 0.931. The molecule has 0 rings (SSSR count). The van der Waals surface area contributed by atoms with Crippen molar-refractivity contribution in [3.8, 4) is 0 Å². The van der Waals surface area contributed by atoms with Crippen LogP contribution in [0.4, 0.5) is 0 Å². The molecule has 0 atom stereocenters. The van der Waals surface area contributed by atoms with Crippen LogP contribution in [0, 0.1) is 0 Å². The van der Waals surface area contributed by atoms with Gasteiger partial charge in [-0.25, -0.2) is 0 Å². The zero-order valence-electron chi connectivity index (χ0n) is 7.12. The molecule has 0 amide bonds. The molecule has 0 heterocycles. The van der Waals surface area contributed by atoms with E-state index in [1.54, 1.807) is 0 Å². The predicted octanol–water partition coefficient (Wildman–Crippen LogP) is 0.280. The van der Waals surface area contributed by atoms with Crippen molar-refractivity contribution in [1.82, 2.24) is 4.90 Å². The Morgan fingerprint density at radius 2 is 2.18 bits per heavy atom. The molecule has 0 spiro atoms. The van der Waals surface area contributed by atoms with E-state index < -0.39 is 0 Å². The predicted molar refractivity (Wildman–Crippen MR) is 44.5 cm³/mol. The molecule has 66 valence electrons. The van der Waals surface area contributed by atoms with Crippen LogP contribution in [0.5, 0.6) is 0 Å². The van der Waals surface area contributed by atoms with Gasteiger partial charge in [-0.05, 0) is 25.9 Å². The maximum atomic E-state index is 10.1. The molecule has 1 N–H and O–H groups in total. The van der Waals surface area contributed by atoms with Crippen LogP contribution >= 0.6 is 0 Å². The number of aldehydes is 1. The van der Waals surface area contributed by atoms with Gasteiger partial charge in [0.1, 0.15) is 6.29 Å². The highest BCUT2D eigenvalue weighted by Crippen LogP contribution is 1.92. The smallest absolute Gasteiger partial charge is 0.133 e. The highest BCUT2D eigenvalue weighted by atomic mass is 16.2. The average Bonchev–Trinajstić information content (AvgIpc) is 2.03.